The van der Waals surface area contributed by atoms with Crippen LogP contribution in [-0.2, 0) is 11.3 Å². The Hall–Kier alpha value is -0.940. The number of ether oxygens (including phenoxy) is 1. The molecule has 0 aliphatic heterocycles. The fourth-order valence-electron chi connectivity index (χ4n) is 3.07. The minimum Gasteiger partial charge on any atom is -0.384 e. The van der Waals surface area contributed by atoms with Gasteiger partial charge in [0, 0.05) is 13.2 Å². The first-order valence-electron chi connectivity index (χ1n) is 7.44. The van der Waals surface area contributed by atoms with Crippen LogP contribution in [0.4, 0.5) is 0 Å². The van der Waals surface area contributed by atoms with Crippen LogP contribution in [0.2, 0.25) is 0 Å². The number of nitrogens with zero attached hydrogens (tertiary/aromatic N) is 3. The minimum atomic E-state index is -0.630. The monoisotopic (exact) mass is 267 g/mol. The second kappa shape index (κ2) is 6.48. The van der Waals surface area contributed by atoms with Crippen LogP contribution in [0.25, 0.3) is 0 Å². The highest BCUT2D eigenvalue weighted by Crippen LogP contribution is 2.41. The fourth-order valence-corrected chi connectivity index (χ4v) is 3.07. The molecule has 108 valence electrons. The van der Waals surface area contributed by atoms with Crippen molar-refractivity contribution in [2.24, 2.45) is 0 Å². The molecule has 2 rings (SSSR count). The largest absolute Gasteiger partial charge is 0.384 e. The van der Waals surface area contributed by atoms with Gasteiger partial charge in [0.15, 0.2) is 0 Å². The van der Waals surface area contributed by atoms with Crippen LogP contribution in [0.3, 0.4) is 0 Å². The summed E-state index contributed by atoms with van der Waals surface area (Å²) in [5.74, 6) is 0. The predicted molar refractivity (Wildman–Crippen MR) is 72.7 cm³/mol. The van der Waals surface area contributed by atoms with Crippen molar-refractivity contribution in [3.8, 4) is 0 Å². The van der Waals surface area contributed by atoms with Gasteiger partial charge in [-0.05, 0) is 26.2 Å². The van der Waals surface area contributed by atoms with Crippen molar-refractivity contribution in [2.45, 2.75) is 70.6 Å². The summed E-state index contributed by atoms with van der Waals surface area (Å²) in [7, 11) is 0. The molecule has 1 saturated carbocycles. The second-order valence-electron chi connectivity index (χ2n) is 5.34. The third-order valence-electron chi connectivity index (χ3n) is 3.99. The van der Waals surface area contributed by atoms with E-state index in [1.165, 1.54) is 6.42 Å². The molecular formula is C14H25N3O2. The van der Waals surface area contributed by atoms with E-state index in [1.54, 1.807) is 10.9 Å². The molecule has 0 radical (unpaired) electrons. The van der Waals surface area contributed by atoms with Gasteiger partial charge in [-0.2, -0.15) is 0 Å². The molecule has 5 heteroatoms. The maximum Gasteiger partial charge on any atom is 0.126 e. The molecule has 0 bridgehead atoms. The molecule has 1 unspecified atom stereocenters. The van der Waals surface area contributed by atoms with Crippen molar-refractivity contribution in [3.63, 3.8) is 0 Å². The molecule has 1 aliphatic carbocycles. The van der Waals surface area contributed by atoms with Crippen LogP contribution in [0.15, 0.2) is 6.20 Å². The van der Waals surface area contributed by atoms with Crippen LogP contribution in [-0.4, -0.2) is 32.3 Å². The number of aliphatic hydroxyl groups is 1. The van der Waals surface area contributed by atoms with Gasteiger partial charge in [0.05, 0.1) is 17.5 Å². The molecule has 1 atom stereocenters. The van der Waals surface area contributed by atoms with Crippen molar-refractivity contribution >= 4 is 0 Å². The van der Waals surface area contributed by atoms with Crippen LogP contribution in [0, 0.1) is 0 Å². The molecule has 19 heavy (non-hydrogen) atoms. The molecule has 1 N–H and O–H groups in total. The summed E-state index contributed by atoms with van der Waals surface area (Å²) in [6.07, 6.45) is 7.32. The van der Waals surface area contributed by atoms with Gasteiger partial charge < -0.3 is 9.84 Å². The van der Waals surface area contributed by atoms with Gasteiger partial charge in [0.2, 0.25) is 0 Å². The van der Waals surface area contributed by atoms with E-state index in [2.05, 4.69) is 17.2 Å². The van der Waals surface area contributed by atoms with E-state index in [0.29, 0.717) is 6.61 Å². The molecule has 1 aliphatic rings. The lowest BCUT2D eigenvalue weighted by molar-refractivity contribution is -0.144. The third kappa shape index (κ3) is 2.98. The molecule has 1 heterocycles. The quantitative estimate of drug-likeness (QED) is 0.860. The van der Waals surface area contributed by atoms with Crippen LogP contribution in [0.1, 0.15) is 64.2 Å². The Morgan fingerprint density at radius 3 is 2.74 bits per heavy atom. The molecule has 0 spiro atoms. The lowest BCUT2D eigenvalue weighted by Gasteiger charge is -2.40. The Morgan fingerprint density at radius 2 is 2.11 bits per heavy atom. The number of aliphatic hydroxyl groups excluding tert-OH is 1. The normalized spacial score (nSPS) is 20.4. The van der Waals surface area contributed by atoms with Gasteiger partial charge in [0.1, 0.15) is 6.10 Å². The first-order valence-corrected chi connectivity index (χ1v) is 7.44. The summed E-state index contributed by atoms with van der Waals surface area (Å²) in [6.45, 7) is 5.50. The van der Waals surface area contributed by atoms with Crippen molar-refractivity contribution in [1.82, 2.24) is 15.0 Å². The van der Waals surface area contributed by atoms with Gasteiger partial charge in [-0.25, -0.2) is 4.68 Å². The fraction of sp³-hybridized carbons (Fsp3) is 0.857. The topological polar surface area (TPSA) is 60.2 Å². The van der Waals surface area contributed by atoms with Gasteiger partial charge in [0.25, 0.3) is 0 Å². The zero-order chi connectivity index (χ0) is 13.7. The molecular weight excluding hydrogens is 242 g/mol. The molecule has 5 nitrogen and oxygen atoms in total. The van der Waals surface area contributed by atoms with Gasteiger partial charge in [-0.15, -0.1) is 5.10 Å². The molecule has 1 fully saturated rings. The zero-order valence-electron chi connectivity index (χ0n) is 12.0. The Morgan fingerprint density at radius 1 is 1.37 bits per heavy atom. The highest BCUT2D eigenvalue weighted by atomic mass is 16.5. The molecule has 1 aromatic heterocycles. The Kier molecular flexibility index (Phi) is 4.93. The van der Waals surface area contributed by atoms with Gasteiger partial charge in [-0.3, -0.25) is 0 Å². The molecule has 0 saturated heterocycles. The number of rotatable bonds is 6. The zero-order valence-corrected chi connectivity index (χ0v) is 12.0. The summed E-state index contributed by atoms with van der Waals surface area (Å²) in [5, 5.41) is 18.8. The minimum absolute atomic E-state index is 0.444. The van der Waals surface area contributed by atoms with Crippen molar-refractivity contribution < 1.29 is 9.84 Å². The van der Waals surface area contributed by atoms with E-state index in [0.717, 1.165) is 44.3 Å². The summed E-state index contributed by atoms with van der Waals surface area (Å²) >= 11 is 0. The predicted octanol–water partition coefficient (Wildman–Crippen LogP) is 2.46. The Balaban J connectivity index is 2.22. The number of aryl methyl sites for hydroxylation is 1. The van der Waals surface area contributed by atoms with E-state index in [4.69, 9.17) is 4.74 Å². The average molecular weight is 267 g/mol. The molecule has 1 aromatic rings. The van der Waals surface area contributed by atoms with Gasteiger partial charge in [-0.1, -0.05) is 31.4 Å². The molecule has 0 aromatic carbocycles. The van der Waals surface area contributed by atoms with E-state index in [9.17, 15) is 5.11 Å². The highest BCUT2D eigenvalue weighted by Gasteiger charge is 2.42. The Bertz CT molecular complexity index is 380. The first kappa shape index (κ1) is 14.5. The van der Waals surface area contributed by atoms with Crippen LogP contribution in [0.5, 0.6) is 0 Å². The second-order valence-corrected chi connectivity index (χ2v) is 5.34. The summed E-state index contributed by atoms with van der Waals surface area (Å²) in [6, 6.07) is 0. The lowest BCUT2D eigenvalue weighted by Crippen LogP contribution is -2.42. The SMILES string of the molecule is CCCn1nncc1C(O)C1(OCC)CCCCC1. The maximum absolute atomic E-state index is 10.8. The number of aromatic nitrogens is 3. The summed E-state index contributed by atoms with van der Waals surface area (Å²) < 4.78 is 7.78. The summed E-state index contributed by atoms with van der Waals surface area (Å²) in [4.78, 5) is 0. The third-order valence-corrected chi connectivity index (χ3v) is 3.99. The van der Waals surface area contributed by atoms with Crippen molar-refractivity contribution in [1.29, 1.82) is 0 Å². The van der Waals surface area contributed by atoms with E-state index < -0.39 is 11.7 Å². The highest BCUT2D eigenvalue weighted by molar-refractivity contribution is 5.08. The van der Waals surface area contributed by atoms with Crippen LogP contribution >= 0.6 is 0 Å². The Labute approximate surface area is 115 Å². The smallest absolute Gasteiger partial charge is 0.126 e. The first-order chi connectivity index (χ1) is 9.23. The summed E-state index contributed by atoms with van der Waals surface area (Å²) in [5.41, 5.74) is 0.345. The van der Waals surface area contributed by atoms with E-state index in [1.807, 2.05) is 6.92 Å². The maximum atomic E-state index is 10.8. The average Bonchev–Trinajstić information content (AvgIpc) is 2.88. The molecule has 0 amide bonds. The number of hydrogen-bond donors (Lipinski definition) is 1. The lowest BCUT2D eigenvalue weighted by atomic mass is 9.79. The van der Waals surface area contributed by atoms with Crippen molar-refractivity contribution in [3.05, 3.63) is 11.9 Å². The standard InChI is InChI=1S/C14H25N3O2/c1-3-10-17-12(11-15-16-17)13(18)14(19-4-2)8-6-5-7-9-14/h11,13,18H,3-10H2,1-2H3. The van der Waals surface area contributed by atoms with E-state index in [-0.39, 0.29) is 0 Å². The van der Waals surface area contributed by atoms with Gasteiger partial charge >= 0.3 is 0 Å². The van der Waals surface area contributed by atoms with E-state index >= 15 is 0 Å². The number of hydrogen-bond acceptors (Lipinski definition) is 4. The van der Waals surface area contributed by atoms with Crippen LogP contribution < -0.4 is 0 Å². The van der Waals surface area contributed by atoms with Crippen molar-refractivity contribution in [2.75, 3.05) is 6.61 Å².